The molecule has 19 heavy (non-hydrogen) atoms. The van der Waals surface area contributed by atoms with Gasteiger partial charge in [0.15, 0.2) is 5.58 Å². The Morgan fingerprint density at radius 3 is 3.21 bits per heavy atom. The first-order chi connectivity index (χ1) is 9.31. The third kappa shape index (κ3) is 1.58. The van der Waals surface area contributed by atoms with Gasteiger partial charge in [-0.3, -0.25) is 4.99 Å². The molecule has 1 aliphatic heterocycles. The lowest BCUT2D eigenvalue weighted by Gasteiger charge is -2.08. The number of H-pyrrole nitrogens is 1. The van der Waals surface area contributed by atoms with Gasteiger partial charge in [-0.1, -0.05) is 6.07 Å². The average molecular weight is 252 g/mol. The normalized spacial score (nSPS) is 14.5. The maximum Gasteiger partial charge on any atom is 0.248 e. The second-order valence-electron chi connectivity index (χ2n) is 4.70. The summed E-state index contributed by atoms with van der Waals surface area (Å²) in [6, 6.07) is 5.98. The molecule has 3 aromatic rings. The second kappa shape index (κ2) is 3.78. The zero-order valence-electron chi connectivity index (χ0n) is 10.5. The number of aryl methyl sites for hydroxylation is 1. The SMILES string of the molecule is Cc1ccc2nc(C3=NCCc4[nH]cnc43)oc2c1. The van der Waals surface area contributed by atoms with E-state index in [1.807, 2.05) is 25.1 Å². The minimum atomic E-state index is 0.550. The zero-order valence-corrected chi connectivity index (χ0v) is 10.5. The van der Waals surface area contributed by atoms with Crippen LogP contribution in [0.4, 0.5) is 0 Å². The molecule has 0 unspecified atom stereocenters. The molecule has 3 heterocycles. The molecule has 1 aromatic carbocycles. The van der Waals surface area contributed by atoms with Gasteiger partial charge in [0.1, 0.15) is 16.9 Å². The maximum atomic E-state index is 5.82. The first kappa shape index (κ1) is 10.5. The lowest BCUT2D eigenvalue weighted by molar-refractivity contribution is 0.588. The molecule has 0 fully saturated rings. The first-order valence-corrected chi connectivity index (χ1v) is 6.26. The van der Waals surface area contributed by atoms with Crippen molar-refractivity contribution in [3.05, 3.63) is 47.4 Å². The van der Waals surface area contributed by atoms with E-state index in [1.165, 1.54) is 0 Å². The molecule has 1 aliphatic rings. The van der Waals surface area contributed by atoms with Crippen molar-refractivity contribution < 1.29 is 4.42 Å². The van der Waals surface area contributed by atoms with Crippen molar-refractivity contribution in [2.75, 3.05) is 6.54 Å². The van der Waals surface area contributed by atoms with E-state index in [0.29, 0.717) is 5.89 Å². The number of hydrogen-bond acceptors (Lipinski definition) is 4. The van der Waals surface area contributed by atoms with Crippen molar-refractivity contribution >= 4 is 16.8 Å². The number of benzene rings is 1. The van der Waals surface area contributed by atoms with Crippen LogP contribution in [0.1, 0.15) is 22.8 Å². The van der Waals surface area contributed by atoms with Gasteiger partial charge in [0.2, 0.25) is 5.89 Å². The first-order valence-electron chi connectivity index (χ1n) is 6.26. The summed E-state index contributed by atoms with van der Waals surface area (Å²) >= 11 is 0. The lowest BCUT2D eigenvalue weighted by atomic mass is 10.1. The van der Waals surface area contributed by atoms with E-state index in [2.05, 4.69) is 19.9 Å². The largest absolute Gasteiger partial charge is 0.435 e. The molecule has 0 amide bonds. The molecule has 0 radical (unpaired) electrons. The molecule has 2 aromatic heterocycles. The van der Waals surface area contributed by atoms with Gasteiger partial charge in [-0.25, -0.2) is 9.97 Å². The van der Waals surface area contributed by atoms with Gasteiger partial charge in [-0.05, 0) is 24.6 Å². The molecule has 1 N–H and O–H groups in total. The van der Waals surface area contributed by atoms with Gasteiger partial charge in [-0.2, -0.15) is 0 Å². The zero-order chi connectivity index (χ0) is 12.8. The van der Waals surface area contributed by atoms with E-state index in [9.17, 15) is 0 Å². The predicted molar refractivity (Wildman–Crippen MR) is 71.5 cm³/mol. The van der Waals surface area contributed by atoms with E-state index in [4.69, 9.17) is 4.42 Å². The molecular formula is C14H12N4O. The highest BCUT2D eigenvalue weighted by Crippen LogP contribution is 2.22. The summed E-state index contributed by atoms with van der Waals surface area (Å²) in [5.41, 5.74) is 5.50. The summed E-state index contributed by atoms with van der Waals surface area (Å²) in [6.07, 6.45) is 2.58. The van der Waals surface area contributed by atoms with E-state index >= 15 is 0 Å². The number of nitrogens with one attached hydrogen (secondary N) is 1. The number of aliphatic imine (C=N–C) groups is 1. The highest BCUT2D eigenvalue weighted by molar-refractivity contribution is 6.10. The Balaban J connectivity index is 1.89. The van der Waals surface area contributed by atoms with Crippen LogP contribution in [0.5, 0.6) is 0 Å². The maximum absolute atomic E-state index is 5.82. The van der Waals surface area contributed by atoms with Gasteiger partial charge in [0.25, 0.3) is 0 Å². The smallest absolute Gasteiger partial charge is 0.248 e. The van der Waals surface area contributed by atoms with Crippen molar-refractivity contribution in [2.45, 2.75) is 13.3 Å². The van der Waals surface area contributed by atoms with Gasteiger partial charge in [0, 0.05) is 18.7 Å². The molecular weight excluding hydrogens is 240 g/mol. The number of nitrogens with zero attached hydrogens (tertiary/aromatic N) is 3. The summed E-state index contributed by atoms with van der Waals surface area (Å²) in [4.78, 5) is 16.5. The van der Waals surface area contributed by atoms with Gasteiger partial charge in [0.05, 0.1) is 6.33 Å². The summed E-state index contributed by atoms with van der Waals surface area (Å²) in [6.45, 7) is 2.77. The Kier molecular flexibility index (Phi) is 2.09. The standard InChI is InChI=1S/C14H12N4O/c1-8-2-3-9-11(6-8)19-14(18-9)13-12-10(4-5-15-13)16-7-17-12/h2-3,6-7H,4-5H2,1H3,(H,16,17). The van der Waals surface area contributed by atoms with Crippen LogP contribution in [0.2, 0.25) is 0 Å². The Bertz CT molecular complexity index is 797. The number of oxazole rings is 1. The minimum Gasteiger partial charge on any atom is -0.435 e. The lowest BCUT2D eigenvalue weighted by Crippen LogP contribution is -2.14. The fourth-order valence-corrected chi connectivity index (χ4v) is 2.37. The molecule has 0 aliphatic carbocycles. The van der Waals surface area contributed by atoms with Crippen LogP contribution in [0, 0.1) is 6.92 Å². The van der Waals surface area contributed by atoms with E-state index in [-0.39, 0.29) is 0 Å². The van der Waals surface area contributed by atoms with Crippen molar-refractivity contribution in [1.29, 1.82) is 0 Å². The highest BCUT2D eigenvalue weighted by atomic mass is 16.3. The highest BCUT2D eigenvalue weighted by Gasteiger charge is 2.22. The Labute approximate surface area is 109 Å². The van der Waals surface area contributed by atoms with Gasteiger partial charge < -0.3 is 9.40 Å². The molecule has 5 heteroatoms. The fourth-order valence-electron chi connectivity index (χ4n) is 2.37. The van der Waals surface area contributed by atoms with Crippen LogP contribution in [0.25, 0.3) is 11.1 Å². The van der Waals surface area contributed by atoms with Crippen LogP contribution in [-0.4, -0.2) is 27.2 Å². The predicted octanol–water partition coefficient (Wildman–Crippen LogP) is 2.25. The molecule has 94 valence electrons. The van der Waals surface area contributed by atoms with E-state index in [0.717, 1.165) is 46.7 Å². The van der Waals surface area contributed by atoms with E-state index in [1.54, 1.807) is 6.33 Å². The van der Waals surface area contributed by atoms with E-state index < -0.39 is 0 Å². The molecule has 0 spiro atoms. The summed E-state index contributed by atoms with van der Waals surface area (Å²) in [7, 11) is 0. The Hall–Kier alpha value is -2.43. The number of aromatic nitrogens is 3. The van der Waals surface area contributed by atoms with Gasteiger partial charge >= 0.3 is 0 Å². The van der Waals surface area contributed by atoms with Crippen LogP contribution in [0.3, 0.4) is 0 Å². The van der Waals surface area contributed by atoms with Crippen LogP contribution in [-0.2, 0) is 6.42 Å². The number of fused-ring (bicyclic) bond motifs is 2. The molecule has 0 saturated heterocycles. The Morgan fingerprint density at radius 1 is 1.32 bits per heavy atom. The number of aromatic amines is 1. The summed E-state index contributed by atoms with van der Waals surface area (Å²) < 4.78 is 5.82. The molecule has 0 bridgehead atoms. The summed E-state index contributed by atoms with van der Waals surface area (Å²) in [5.74, 6) is 0.550. The molecule has 4 rings (SSSR count). The number of rotatable bonds is 1. The Morgan fingerprint density at radius 2 is 2.26 bits per heavy atom. The van der Waals surface area contributed by atoms with Crippen LogP contribution < -0.4 is 0 Å². The van der Waals surface area contributed by atoms with Crippen molar-refractivity contribution in [3.8, 4) is 0 Å². The van der Waals surface area contributed by atoms with Crippen LogP contribution >= 0.6 is 0 Å². The van der Waals surface area contributed by atoms with Crippen molar-refractivity contribution in [2.24, 2.45) is 4.99 Å². The number of imidazole rings is 1. The molecule has 0 atom stereocenters. The van der Waals surface area contributed by atoms with Gasteiger partial charge in [-0.15, -0.1) is 0 Å². The van der Waals surface area contributed by atoms with Crippen molar-refractivity contribution in [3.63, 3.8) is 0 Å². The summed E-state index contributed by atoms with van der Waals surface area (Å²) in [5, 5.41) is 0. The number of hydrogen-bond donors (Lipinski definition) is 1. The monoisotopic (exact) mass is 252 g/mol. The fraction of sp³-hybridized carbons (Fsp3) is 0.214. The second-order valence-corrected chi connectivity index (χ2v) is 4.70. The molecule has 5 nitrogen and oxygen atoms in total. The average Bonchev–Trinajstić information content (AvgIpc) is 3.03. The quantitative estimate of drug-likeness (QED) is 0.722. The third-order valence-corrected chi connectivity index (χ3v) is 3.32. The molecule has 0 saturated carbocycles. The minimum absolute atomic E-state index is 0.550. The van der Waals surface area contributed by atoms with Crippen LogP contribution in [0.15, 0.2) is 33.9 Å². The third-order valence-electron chi connectivity index (χ3n) is 3.32. The van der Waals surface area contributed by atoms with Crippen molar-refractivity contribution in [1.82, 2.24) is 15.0 Å². The topological polar surface area (TPSA) is 67.1 Å².